The molecule has 0 unspecified atom stereocenters. The van der Waals surface area contributed by atoms with Crippen LogP contribution in [0.1, 0.15) is 5.56 Å². The lowest BCUT2D eigenvalue weighted by Crippen LogP contribution is -2.25. The van der Waals surface area contributed by atoms with E-state index in [1.54, 1.807) is 12.1 Å². The molecular formula is C12H11ClFNO2S2. The minimum absolute atomic E-state index is 0.168. The molecule has 0 saturated heterocycles. The third-order valence-electron chi connectivity index (χ3n) is 2.47. The van der Waals surface area contributed by atoms with Crippen molar-refractivity contribution in [1.29, 1.82) is 0 Å². The summed E-state index contributed by atoms with van der Waals surface area (Å²) in [5.41, 5.74) is 0.868. The molecule has 0 saturated carbocycles. The number of rotatable bonds is 5. The zero-order valence-corrected chi connectivity index (χ0v) is 12.2. The summed E-state index contributed by atoms with van der Waals surface area (Å²) in [6, 6.07) is 7.37. The van der Waals surface area contributed by atoms with Crippen LogP contribution in [0.4, 0.5) is 4.39 Å². The first-order chi connectivity index (χ1) is 8.97. The molecule has 0 radical (unpaired) electrons. The Morgan fingerprint density at radius 2 is 1.95 bits per heavy atom. The average Bonchev–Trinajstić information content (AvgIpc) is 2.79. The van der Waals surface area contributed by atoms with Crippen LogP contribution in [-0.2, 0) is 16.4 Å². The Balaban J connectivity index is 1.93. The molecule has 0 amide bonds. The fourth-order valence-corrected chi connectivity index (χ4v) is 3.84. The van der Waals surface area contributed by atoms with Gasteiger partial charge in [0.15, 0.2) is 0 Å². The van der Waals surface area contributed by atoms with Gasteiger partial charge in [0.25, 0.3) is 0 Å². The Morgan fingerprint density at radius 1 is 1.26 bits per heavy atom. The molecule has 102 valence electrons. The molecule has 1 aromatic carbocycles. The number of halogens is 2. The highest BCUT2D eigenvalue weighted by Crippen LogP contribution is 2.23. The first-order valence-electron chi connectivity index (χ1n) is 5.45. The molecular weight excluding hydrogens is 309 g/mol. The summed E-state index contributed by atoms with van der Waals surface area (Å²) in [5, 5.41) is 1.49. The van der Waals surface area contributed by atoms with Crippen LogP contribution in [0.2, 0.25) is 4.34 Å². The molecule has 0 spiro atoms. The third kappa shape index (κ3) is 4.01. The molecule has 1 N–H and O–H groups in total. The number of nitrogens with one attached hydrogen (secondary N) is 1. The molecule has 0 bridgehead atoms. The van der Waals surface area contributed by atoms with Gasteiger partial charge in [0.1, 0.15) is 5.82 Å². The third-order valence-corrected chi connectivity index (χ3v) is 5.15. The van der Waals surface area contributed by atoms with Crippen molar-refractivity contribution in [2.75, 3.05) is 6.54 Å². The quantitative estimate of drug-likeness (QED) is 0.920. The molecule has 1 aromatic heterocycles. The number of sulfonamides is 1. The summed E-state index contributed by atoms with van der Waals surface area (Å²) in [5.74, 6) is -0.308. The van der Waals surface area contributed by atoms with E-state index >= 15 is 0 Å². The first-order valence-corrected chi connectivity index (χ1v) is 8.19. The van der Waals surface area contributed by atoms with E-state index < -0.39 is 10.0 Å². The van der Waals surface area contributed by atoms with Crippen molar-refractivity contribution < 1.29 is 12.8 Å². The predicted octanol–water partition coefficient (Wildman–Crippen LogP) is 3.06. The monoisotopic (exact) mass is 319 g/mol. The van der Waals surface area contributed by atoms with Crippen LogP contribution in [-0.4, -0.2) is 15.0 Å². The van der Waals surface area contributed by atoms with E-state index in [9.17, 15) is 12.8 Å². The fraction of sp³-hybridized carbons (Fsp3) is 0.167. The van der Waals surface area contributed by atoms with Gasteiger partial charge in [-0.3, -0.25) is 0 Å². The molecule has 2 aromatic rings. The fourth-order valence-electron chi connectivity index (χ4n) is 1.50. The Bertz CT molecular complexity index is 653. The SMILES string of the molecule is O=S(=O)(NCCc1ccc(F)cc1)c1csc(Cl)c1. The summed E-state index contributed by atoms with van der Waals surface area (Å²) in [4.78, 5) is 0.168. The van der Waals surface area contributed by atoms with Crippen LogP contribution in [0.3, 0.4) is 0 Å². The summed E-state index contributed by atoms with van der Waals surface area (Å²) in [6.07, 6.45) is 0.497. The molecule has 19 heavy (non-hydrogen) atoms. The summed E-state index contributed by atoms with van der Waals surface area (Å²) in [6.45, 7) is 0.251. The number of thiophene rings is 1. The van der Waals surface area contributed by atoms with Gasteiger partial charge in [-0.1, -0.05) is 23.7 Å². The summed E-state index contributed by atoms with van der Waals surface area (Å²) < 4.78 is 39.3. The van der Waals surface area contributed by atoms with Crippen molar-refractivity contribution in [2.45, 2.75) is 11.3 Å². The van der Waals surface area contributed by atoms with E-state index in [1.807, 2.05) is 0 Å². The Kier molecular flexibility index (Phi) is 4.57. The van der Waals surface area contributed by atoms with Crippen LogP contribution in [0.15, 0.2) is 40.6 Å². The van der Waals surface area contributed by atoms with Crippen molar-refractivity contribution in [2.24, 2.45) is 0 Å². The van der Waals surface area contributed by atoms with Crippen LogP contribution in [0, 0.1) is 5.82 Å². The van der Waals surface area contributed by atoms with Crippen LogP contribution < -0.4 is 4.72 Å². The van der Waals surface area contributed by atoms with Crippen molar-refractivity contribution in [3.05, 3.63) is 51.4 Å². The normalized spacial score (nSPS) is 11.7. The highest BCUT2D eigenvalue weighted by atomic mass is 35.5. The van der Waals surface area contributed by atoms with Crippen molar-refractivity contribution in [3.63, 3.8) is 0 Å². The number of benzene rings is 1. The van der Waals surface area contributed by atoms with Gasteiger partial charge >= 0.3 is 0 Å². The minimum atomic E-state index is -3.52. The van der Waals surface area contributed by atoms with Gasteiger partial charge in [0, 0.05) is 11.9 Å². The molecule has 2 rings (SSSR count). The predicted molar refractivity (Wildman–Crippen MR) is 74.6 cm³/mol. The molecule has 0 aliphatic carbocycles. The number of hydrogen-bond acceptors (Lipinski definition) is 3. The first kappa shape index (κ1) is 14.5. The lowest BCUT2D eigenvalue weighted by Gasteiger charge is -2.05. The highest BCUT2D eigenvalue weighted by molar-refractivity contribution is 7.89. The number of hydrogen-bond donors (Lipinski definition) is 1. The molecule has 0 aliphatic rings. The van der Waals surface area contributed by atoms with Crippen LogP contribution in [0.25, 0.3) is 0 Å². The minimum Gasteiger partial charge on any atom is -0.211 e. The average molecular weight is 320 g/mol. The zero-order valence-electron chi connectivity index (χ0n) is 9.77. The molecule has 1 heterocycles. The van der Waals surface area contributed by atoms with Gasteiger partial charge in [0.05, 0.1) is 9.23 Å². The molecule has 7 heteroatoms. The van der Waals surface area contributed by atoms with Crippen molar-refractivity contribution in [1.82, 2.24) is 4.72 Å². The zero-order chi connectivity index (χ0) is 13.9. The second-order valence-corrected chi connectivity index (χ2v) is 7.17. The smallest absolute Gasteiger partial charge is 0.211 e. The standard InChI is InChI=1S/C12H11ClFNO2S2/c13-12-7-11(8-18-12)19(16,17)15-6-5-9-1-3-10(14)4-2-9/h1-4,7-8,15H,5-6H2. The second kappa shape index (κ2) is 6.00. The summed E-state index contributed by atoms with van der Waals surface area (Å²) in [7, 11) is -3.52. The second-order valence-electron chi connectivity index (χ2n) is 3.86. The van der Waals surface area contributed by atoms with E-state index in [1.165, 1.54) is 34.9 Å². The highest BCUT2D eigenvalue weighted by Gasteiger charge is 2.15. The van der Waals surface area contributed by atoms with E-state index in [0.29, 0.717) is 10.8 Å². The Labute approximate surface area is 120 Å². The van der Waals surface area contributed by atoms with E-state index in [-0.39, 0.29) is 17.3 Å². The van der Waals surface area contributed by atoms with Crippen molar-refractivity contribution in [3.8, 4) is 0 Å². The lowest BCUT2D eigenvalue weighted by atomic mass is 10.1. The molecule has 3 nitrogen and oxygen atoms in total. The molecule has 0 aliphatic heterocycles. The Morgan fingerprint density at radius 3 is 2.53 bits per heavy atom. The van der Waals surface area contributed by atoms with Gasteiger partial charge in [-0.25, -0.2) is 17.5 Å². The van der Waals surface area contributed by atoms with Gasteiger partial charge in [-0.05, 0) is 30.2 Å². The van der Waals surface area contributed by atoms with Gasteiger partial charge in [-0.15, -0.1) is 11.3 Å². The lowest BCUT2D eigenvalue weighted by molar-refractivity contribution is 0.582. The van der Waals surface area contributed by atoms with E-state index in [2.05, 4.69) is 4.72 Å². The molecule has 0 atom stereocenters. The maximum Gasteiger partial charge on any atom is 0.241 e. The Hall–Kier alpha value is -0.950. The largest absolute Gasteiger partial charge is 0.241 e. The maximum atomic E-state index is 12.7. The van der Waals surface area contributed by atoms with E-state index in [0.717, 1.165) is 5.56 Å². The molecule has 0 fully saturated rings. The summed E-state index contributed by atoms with van der Waals surface area (Å²) >= 11 is 6.87. The van der Waals surface area contributed by atoms with Crippen LogP contribution in [0.5, 0.6) is 0 Å². The maximum absolute atomic E-state index is 12.7. The van der Waals surface area contributed by atoms with Gasteiger partial charge < -0.3 is 0 Å². The van der Waals surface area contributed by atoms with Crippen LogP contribution >= 0.6 is 22.9 Å². The van der Waals surface area contributed by atoms with Crippen molar-refractivity contribution >= 4 is 33.0 Å². The topological polar surface area (TPSA) is 46.2 Å². The van der Waals surface area contributed by atoms with E-state index in [4.69, 9.17) is 11.6 Å². The van der Waals surface area contributed by atoms with Gasteiger partial charge in [0.2, 0.25) is 10.0 Å². The van der Waals surface area contributed by atoms with Gasteiger partial charge in [-0.2, -0.15) is 0 Å².